The van der Waals surface area contributed by atoms with Gasteiger partial charge in [0.15, 0.2) is 11.6 Å². The fourth-order valence-electron chi connectivity index (χ4n) is 3.08. The van der Waals surface area contributed by atoms with Gasteiger partial charge in [-0.3, -0.25) is 4.79 Å². The van der Waals surface area contributed by atoms with Gasteiger partial charge in [0.2, 0.25) is 0 Å². The Morgan fingerprint density at radius 3 is 2.70 bits per heavy atom. The van der Waals surface area contributed by atoms with Crippen LogP contribution in [0.3, 0.4) is 0 Å². The quantitative estimate of drug-likeness (QED) is 0.529. The molecule has 134 valence electrons. The number of hydrogen-bond acceptors (Lipinski definition) is 3. The molecule has 7 heteroatoms. The minimum absolute atomic E-state index is 0.232. The number of carbonyl (C=O) groups is 1. The molecule has 0 aliphatic heterocycles. The van der Waals surface area contributed by atoms with E-state index in [9.17, 15) is 9.18 Å². The van der Waals surface area contributed by atoms with Crippen LogP contribution >= 0.6 is 15.9 Å². The summed E-state index contributed by atoms with van der Waals surface area (Å²) in [6.45, 7) is 1.69. The van der Waals surface area contributed by atoms with Crippen LogP contribution in [-0.4, -0.2) is 20.4 Å². The maximum atomic E-state index is 13.6. The van der Waals surface area contributed by atoms with E-state index in [4.69, 9.17) is 5.73 Å². The number of benzene rings is 2. The largest absolute Gasteiger partial charge is 0.365 e. The highest BCUT2D eigenvalue weighted by atomic mass is 79.9. The van der Waals surface area contributed by atoms with Crippen molar-refractivity contribution >= 4 is 32.7 Å². The standard InChI is InChI=1S/C20H14BrFN4O/c1-11-17(18(23)27)20(25-19(24-11)13-3-2-4-15(22)10-13)26-8-7-12-9-14(21)5-6-16(12)26/h2-10H,1H3,(H2,23,27). The molecule has 0 radical (unpaired) electrons. The van der Waals surface area contributed by atoms with Crippen molar-refractivity contribution in [1.29, 1.82) is 0 Å². The van der Waals surface area contributed by atoms with E-state index in [1.165, 1.54) is 12.1 Å². The molecule has 2 aromatic heterocycles. The molecule has 5 nitrogen and oxygen atoms in total. The summed E-state index contributed by atoms with van der Waals surface area (Å²) in [5.74, 6) is -0.310. The number of aryl methyl sites for hydroxylation is 1. The Kier molecular flexibility index (Phi) is 4.24. The Morgan fingerprint density at radius 1 is 1.15 bits per heavy atom. The summed E-state index contributed by atoms with van der Waals surface area (Å²) in [4.78, 5) is 21.0. The number of halogens is 2. The van der Waals surface area contributed by atoms with Gasteiger partial charge < -0.3 is 10.3 Å². The first-order chi connectivity index (χ1) is 12.9. The molecule has 0 spiro atoms. The normalized spacial score (nSPS) is 11.1. The zero-order valence-electron chi connectivity index (χ0n) is 14.3. The van der Waals surface area contributed by atoms with E-state index in [0.29, 0.717) is 22.9 Å². The van der Waals surface area contributed by atoms with Gasteiger partial charge in [-0.2, -0.15) is 0 Å². The summed E-state index contributed by atoms with van der Waals surface area (Å²) < 4.78 is 16.4. The molecule has 0 unspecified atom stereocenters. The van der Waals surface area contributed by atoms with Gasteiger partial charge in [-0.15, -0.1) is 0 Å². The molecule has 0 fully saturated rings. The van der Waals surface area contributed by atoms with Gasteiger partial charge in [0, 0.05) is 21.6 Å². The number of rotatable bonds is 3. The highest BCUT2D eigenvalue weighted by Crippen LogP contribution is 2.27. The molecule has 0 aliphatic carbocycles. The molecule has 0 atom stereocenters. The predicted molar refractivity (Wildman–Crippen MR) is 105 cm³/mol. The van der Waals surface area contributed by atoms with Crippen molar-refractivity contribution in [3.8, 4) is 17.2 Å². The SMILES string of the molecule is Cc1nc(-c2cccc(F)c2)nc(-n2ccc3cc(Br)ccc32)c1C(N)=O. The van der Waals surface area contributed by atoms with Crippen molar-refractivity contribution in [2.45, 2.75) is 6.92 Å². The Hall–Kier alpha value is -3.06. The summed E-state index contributed by atoms with van der Waals surface area (Å²) >= 11 is 3.45. The topological polar surface area (TPSA) is 73.8 Å². The number of nitrogens with two attached hydrogens (primary N) is 1. The fourth-order valence-corrected chi connectivity index (χ4v) is 3.45. The first kappa shape index (κ1) is 17.4. The molecular weight excluding hydrogens is 411 g/mol. The van der Waals surface area contributed by atoms with Crippen molar-refractivity contribution in [1.82, 2.24) is 14.5 Å². The van der Waals surface area contributed by atoms with Crippen molar-refractivity contribution in [2.75, 3.05) is 0 Å². The lowest BCUT2D eigenvalue weighted by Crippen LogP contribution is -2.19. The molecule has 1 amide bonds. The molecule has 0 saturated heterocycles. The minimum Gasteiger partial charge on any atom is -0.365 e. The Balaban J connectivity index is 2.01. The summed E-state index contributed by atoms with van der Waals surface area (Å²) in [6, 6.07) is 13.7. The molecule has 0 aliphatic rings. The number of carbonyl (C=O) groups excluding carboxylic acids is 1. The van der Waals surface area contributed by atoms with Gasteiger partial charge in [0.25, 0.3) is 5.91 Å². The van der Waals surface area contributed by atoms with Crippen molar-refractivity contribution in [2.24, 2.45) is 5.73 Å². The van der Waals surface area contributed by atoms with Crippen molar-refractivity contribution in [3.05, 3.63) is 76.3 Å². The van der Waals surface area contributed by atoms with Crippen LogP contribution in [0.4, 0.5) is 4.39 Å². The third kappa shape index (κ3) is 3.10. The smallest absolute Gasteiger partial charge is 0.254 e. The molecule has 2 N–H and O–H groups in total. The average molecular weight is 425 g/mol. The second-order valence-electron chi connectivity index (χ2n) is 6.09. The van der Waals surface area contributed by atoms with Gasteiger partial charge in [-0.1, -0.05) is 28.1 Å². The summed E-state index contributed by atoms with van der Waals surface area (Å²) in [7, 11) is 0. The highest BCUT2D eigenvalue weighted by Gasteiger charge is 2.20. The number of aromatic nitrogens is 3. The van der Waals surface area contributed by atoms with Gasteiger partial charge in [0.1, 0.15) is 11.4 Å². The fraction of sp³-hybridized carbons (Fsp3) is 0.0500. The molecular formula is C20H14BrFN4O. The number of amides is 1. The molecule has 4 aromatic rings. The van der Waals surface area contributed by atoms with E-state index in [-0.39, 0.29) is 11.4 Å². The zero-order chi connectivity index (χ0) is 19.1. The highest BCUT2D eigenvalue weighted by molar-refractivity contribution is 9.10. The molecule has 2 heterocycles. The summed E-state index contributed by atoms with van der Waals surface area (Å²) in [5, 5.41) is 0.975. The van der Waals surface area contributed by atoms with Crippen molar-refractivity contribution < 1.29 is 9.18 Å². The van der Waals surface area contributed by atoms with Crippen LogP contribution in [0.25, 0.3) is 28.1 Å². The average Bonchev–Trinajstić information content (AvgIpc) is 3.03. The predicted octanol–water partition coefficient (Wildman–Crippen LogP) is 4.40. The van der Waals surface area contributed by atoms with Gasteiger partial charge in [0.05, 0.1) is 11.2 Å². The summed E-state index contributed by atoms with van der Waals surface area (Å²) in [6.07, 6.45) is 1.82. The number of hydrogen-bond donors (Lipinski definition) is 1. The first-order valence-corrected chi connectivity index (χ1v) is 8.95. The maximum absolute atomic E-state index is 13.6. The van der Waals surface area contributed by atoms with Gasteiger partial charge >= 0.3 is 0 Å². The lowest BCUT2D eigenvalue weighted by molar-refractivity contribution is 0.0999. The Morgan fingerprint density at radius 2 is 1.96 bits per heavy atom. The summed E-state index contributed by atoms with van der Waals surface area (Å²) in [5.41, 5.74) is 7.66. The van der Waals surface area contributed by atoms with Crippen LogP contribution < -0.4 is 5.73 Å². The second kappa shape index (κ2) is 6.59. The Bertz CT molecular complexity index is 1200. The van der Waals surface area contributed by atoms with Crippen molar-refractivity contribution in [3.63, 3.8) is 0 Å². The van der Waals surface area contributed by atoms with Gasteiger partial charge in [-0.25, -0.2) is 14.4 Å². The minimum atomic E-state index is -0.618. The molecule has 2 aromatic carbocycles. The zero-order valence-corrected chi connectivity index (χ0v) is 15.9. The van der Waals surface area contributed by atoms with E-state index in [1.807, 2.05) is 30.5 Å². The van der Waals surface area contributed by atoms with Crippen LogP contribution in [0.1, 0.15) is 16.1 Å². The maximum Gasteiger partial charge on any atom is 0.254 e. The van der Waals surface area contributed by atoms with Crippen LogP contribution in [0, 0.1) is 12.7 Å². The molecule has 4 rings (SSSR count). The van der Waals surface area contributed by atoms with E-state index in [1.54, 1.807) is 23.6 Å². The lowest BCUT2D eigenvalue weighted by Gasteiger charge is -2.13. The van der Waals surface area contributed by atoms with Crippen LogP contribution in [0.15, 0.2) is 59.2 Å². The lowest BCUT2D eigenvalue weighted by atomic mass is 10.1. The molecule has 27 heavy (non-hydrogen) atoms. The van der Waals surface area contributed by atoms with E-state index >= 15 is 0 Å². The van der Waals surface area contributed by atoms with Crippen LogP contribution in [0.2, 0.25) is 0 Å². The van der Waals surface area contributed by atoms with Crippen LogP contribution in [-0.2, 0) is 0 Å². The number of primary amides is 1. The van der Waals surface area contributed by atoms with E-state index in [2.05, 4.69) is 25.9 Å². The van der Waals surface area contributed by atoms with E-state index in [0.717, 1.165) is 15.4 Å². The molecule has 0 saturated carbocycles. The first-order valence-electron chi connectivity index (χ1n) is 8.15. The monoisotopic (exact) mass is 424 g/mol. The number of nitrogens with zero attached hydrogens (tertiary/aromatic N) is 3. The third-order valence-corrected chi connectivity index (χ3v) is 4.77. The van der Waals surface area contributed by atoms with Gasteiger partial charge in [-0.05, 0) is 43.3 Å². The third-order valence-electron chi connectivity index (χ3n) is 4.28. The number of fused-ring (bicyclic) bond motifs is 1. The Labute approximate surface area is 162 Å². The van der Waals surface area contributed by atoms with E-state index < -0.39 is 5.91 Å². The molecule has 0 bridgehead atoms. The second-order valence-corrected chi connectivity index (χ2v) is 7.01. The van der Waals surface area contributed by atoms with Crippen LogP contribution in [0.5, 0.6) is 0 Å².